The van der Waals surface area contributed by atoms with Gasteiger partial charge in [0.15, 0.2) is 0 Å². The summed E-state index contributed by atoms with van der Waals surface area (Å²) in [5, 5.41) is 5.33. The molecule has 0 amide bonds. The zero-order chi connectivity index (χ0) is 10.6. The van der Waals surface area contributed by atoms with E-state index in [0.29, 0.717) is 0 Å². The van der Waals surface area contributed by atoms with Gasteiger partial charge >= 0.3 is 0 Å². The van der Waals surface area contributed by atoms with Crippen LogP contribution < -0.4 is 11.1 Å². The third-order valence-electron chi connectivity index (χ3n) is 2.17. The Hall–Kier alpha value is -0.580. The number of rotatable bonds is 5. The first-order valence-corrected chi connectivity index (χ1v) is 5.51. The fourth-order valence-corrected chi connectivity index (χ4v) is 1.81. The Labute approximate surface area is 89.3 Å². The van der Waals surface area contributed by atoms with Crippen molar-refractivity contribution < 1.29 is 4.74 Å². The van der Waals surface area contributed by atoms with E-state index in [4.69, 9.17) is 10.5 Å². The molecule has 1 rings (SSSR count). The summed E-state index contributed by atoms with van der Waals surface area (Å²) >= 11 is 1.68. The molecule has 1 aromatic rings. The molecule has 3 nitrogen and oxygen atoms in total. The summed E-state index contributed by atoms with van der Waals surface area (Å²) in [5.41, 5.74) is 6.52. The van der Waals surface area contributed by atoms with Crippen molar-refractivity contribution in [2.24, 2.45) is 0 Å². The average molecular weight is 214 g/mol. The molecular weight excluding hydrogens is 196 g/mol. The van der Waals surface area contributed by atoms with Crippen LogP contribution in [0.3, 0.4) is 0 Å². The first-order chi connectivity index (χ1) is 6.55. The minimum atomic E-state index is -0.119. The standard InChI is InChI=1S/C10H18N2OS/c1-10(2,13-3)7-12-6-9-8(11)4-5-14-9/h4-5,12H,6-7,11H2,1-3H3. The van der Waals surface area contributed by atoms with E-state index in [1.54, 1.807) is 18.4 Å². The van der Waals surface area contributed by atoms with Gasteiger partial charge in [-0.3, -0.25) is 0 Å². The van der Waals surface area contributed by atoms with Gasteiger partial charge in [-0.2, -0.15) is 0 Å². The molecule has 0 saturated heterocycles. The fourth-order valence-electron chi connectivity index (χ4n) is 1.04. The van der Waals surface area contributed by atoms with Gasteiger partial charge in [0.25, 0.3) is 0 Å². The molecule has 1 aromatic heterocycles. The fraction of sp³-hybridized carbons (Fsp3) is 0.600. The van der Waals surface area contributed by atoms with E-state index in [0.717, 1.165) is 18.8 Å². The van der Waals surface area contributed by atoms with Gasteiger partial charge in [0.1, 0.15) is 0 Å². The highest BCUT2D eigenvalue weighted by molar-refractivity contribution is 7.10. The topological polar surface area (TPSA) is 47.3 Å². The Kier molecular flexibility index (Phi) is 3.92. The van der Waals surface area contributed by atoms with Crippen LogP contribution in [0.25, 0.3) is 0 Å². The zero-order valence-corrected chi connectivity index (χ0v) is 9.78. The Bertz CT molecular complexity index is 283. The van der Waals surface area contributed by atoms with Crippen LogP contribution in [-0.4, -0.2) is 19.3 Å². The summed E-state index contributed by atoms with van der Waals surface area (Å²) in [6, 6.07) is 1.93. The van der Waals surface area contributed by atoms with Crippen molar-refractivity contribution in [2.75, 3.05) is 19.4 Å². The molecule has 0 unspecified atom stereocenters. The van der Waals surface area contributed by atoms with E-state index >= 15 is 0 Å². The molecule has 0 radical (unpaired) electrons. The van der Waals surface area contributed by atoms with E-state index in [9.17, 15) is 0 Å². The molecular formula is C10H18N2OS. The van der Waals surface area contributed by atoms with E-state index in [2.05, 4.69) is 19.2 Å². The van der Waals surface area contributed by atoms with Crippen LogP contribution in [0.15, 0.2) is 11.4 Å². The van der Waals surface area contributed by atoms with Gasteiger partial charge in [-0.1, -0.05) is 0 Å². The van der Waals surface area contributed by atoms with E-state index in [1.807, 2.05) is 11.4 Å². The second-order valence-corrected chi connectivity index (χ2v) is 4.87. The maximum absolute atomic E-state index is 5.76. The summed E-state index contributed by atoms with van der Waals surface area (Å²) in [6.45, 7) is 5.74. The van der Waals surface area contributed by atoms with Crippen LogP contribution in [0, 0.1) is 0 Å². The van der Waals surface area contributed by atoms with E-state index < -0.39 is 0 Å². The number of anilines is 1. The number of hydrogen-bond donors (Lipinski definition) is 2. The Morgan fingerprint density at radius 3 is 2.79 bits per heavy atom. The van der Waals surface area contributed by atoms with Crippen LogP contribution in [0.1, 0.15) is 18.7 Å². The maximum Gasteiger partial charge on any atom is 0.0746 e. The smallest absolute Gasteiger partial charge is 0.0746 e. The average Bonchev–Trinajstić information content (AvgIpc) is 2.52. The number of thiophene rings is 1. The molecule has 3 N–H and O–H groups in total. The molecule has 0 fully saturated rings. The molecule has 14 heavy (non-hydrogen) atoms. The predicted molar refractivity (Wildman–Crippen MR) is 61.5 cm³/mol. The molecule has 0 aromatic carbocycles. The van der Waals surface area contributed by atoms with Crippen molar-refractivity contribution in [3.63, 3.8) is 0 Å². The zero-order valence-electron chi connectivity index (χ0n) is 8.96. The molecule has 80 valence electrons. The third-order valence-corrected chi connectivity index (χ3v) is 3.11. The molecule has 0 aliphatic carbocycles. The highest BCUT2D eigenvalue weighted by Gasteiger charge is 2.15. The summed E-state index contributed by atoms with van der Waals surface area (Å²) in [7, 11) is 1.72. The molecule has 0 bridgehead atoms. The minimum Gasteiger partial charge on any atom is -0.398 e. The van der Waals surface area contributed by atoms with Gasteiger partial charge in [0.05, 0.1) is 5.60 Å². The second kappa shape index (κ2) is 4.77. The van der Waals surface area contributed by atoms with Crippen LogP contribution in [0.4, 0.5) is 5.69 Å². The highest BCUT2D eigenvalue weighted by Crippen LogP contribution is 2.18. The monoisotopic (exact) mass is 214 g/mol. The van der Waals surface area contributed by atoms with Crippen molar-refractivity contribution in [2.45, 2.75) is 26.0 Å². The lowest BCUT2D eigenvalue weighted by Gasteiger charge is -2.23. The quantitative estimate of drug-likeness (QED) is 0.786. The lowest BCUT2D eigenvalue weighted by Crippen LogP contribution is -2.36. The second-order valence-electron chi connectivity index (χ2n) is 3.87. The third kappa shape index (κ3) is 3.29. The number of ether oxygens (including phenoxy) is 1. The van der Waals surface area contributed by atoms with Gasteiger partial charge in [-0.05, 0) is 25.3 Å². The number of nitrogen functional groups attached to an aromatic ring is 1. The van der Waals surface area contributed by atoms with E-state index in [-0.39, 0.29) is 5.60 Å². The molecule has 0 aliphatic rings. The lowest BCUT2D eigenvalue weighted by atomic mass is 10.1. The van der Waals surface area contributed by atoms with Crippen LogP contribution >= 0.6 is 11.3 Å². The molecule has 0 spiro atoms. The van der Waals surface area contributed by atoms with Gasteiger partial charge in [-0.15, -0.1) is 11.3 Å². The molecule has 0 aliphatic heterocycles. The highest BCUT2D eigenvalue weighted by atomic mass is 32.1. The number of hydrogen-bond acceptors (Lipinski definition) is 4. The SMILES string of the molecule is COC(C)(C)CNCc1sccc1N. The maximum atomic E-state index is 5.76. The van der Waals surface area contributed by atoms with Crippen molar-refractivity contribution in [3.05, 3.63) is 16.3 Å². The Balaban J connectivity index is 2.32. The number of nitrogens with two attached hydrogens (primary N) is 1. The van der Waals surface area contributed by atoms with Crippen molar-refractivity contribution >= 4 is 17.0 Å². The first-order valence-electron chi connectivity index (χ1n) is 4.63. The largest absolute Gasteiger partial charge is 0.398 e. The first kappa shape index (κ1) is 11.5. The summed E-state index contributed by atoms with van der Waals surface area (Å²) in [6.07, 6.45) is 0. The molecule has 0 saturated carbocycles. The van der Waals surface area contributed by atoms with E-state index in [1.165, 1.54) is 4.88 Å². The van der Waals surface area contributed by atoms with Crippen LogP contribution in [0.5, 0.6) is 0 Å². The van der Waals surface area contributed by atoms with Crippen LogP contribution in [0.2, 0.25) is 0 Å². The van der Waals surface area contributed by atoms with Crippen molar-refractivity contribution in [1.82, 2.24) is 5.32 Å². The van der Waals surface area contributed by atoms with Gasteiger partial charge in [-0.25, -0.2) is 0 Å². The molecule has 4 heteroatoms. The van der Waals surface area contributed by atoms with Gasteiger partial charge in [0.2, 0.25) is 0 Å². The normalized spacial score (nSPS) is 11.9. The van der Waals surface area contributed by atoms with Crippen LogP contribution in [-0.2, 0) is 11.3 Å². The summed E-state index contributed by atoms with van der Waals surface area (Å²) < 4.78 is 5.30. The van der Waals surface area contributed by atoms with Crippen molar-refractivity contribution in [3.8, 4) is 0 Å². The number of methoxy groups -OCH3 is 1. The summed E-state index contributed by atoms with van der Waals surface area (Å²) in [5.74, 6) is 0. The lowest BCUT2D eigenvalue weighted by molar-refractivity contribution is 0.0231. The molecule has 1 heterocycles. The minimum absolute atomic E-state index is 0.119. The van der Waals surface area contributed by atoms with Crippen molar-refractivity contribution in [1.29, 1.82) is 0 Å². The van der Waals surface area contributed by atoms with Gasteiger partial charge < -0.3 is 15.8 Å². The summed E-state index contributed by atoms with van der Waals surface area (Å²) in [4.78, 5) is 1.19. The predicted octanol–water partition coefficient (Wildman–Crippen LogP) is 1.84. The Morgan fingerprint density at radius 1 is 1.57 bits per heavy atom. The molecule has 0 atom stereocenters. The number of nitrogens with one attached hydrogen (secondary N) is 1. The Morgan fingerprint density at radius 2 is 2.29 bits per heavy atom. The van der Waals surface area contributed by atoms with Gasteiger partial charge in [0, 0.05) is 30.8 Å².